The minimum Gasteiger partial charge on any atom is -0.430 e. The molecule has 2 aliphatic heterocycles. The standard InChI is InChI=1S/C25H32O4/c1-6-15-11-14(5)12-16(7-2)20(15)23-24(27)21-17-8-9-18(28-17)22(21)25(23)29-19(26)10-13(3)4/h11-13,17-18,21-22H,6-10H2,1-5H3/t17-,18+,21-,22+/m0/s1. The Bertz CT molecular complexity index is 854. The van der Waals surface area contributed by atoms with E-state index in [1.807, 2.05) is 13.8 Å². The summed E-state index contributed by atoms with van der Waals surface area (Å²) in [7, 11) is 0. The van der Waals surface area contributed by atoms with E-state index >= 15 is 0 Å². The van der Waals surface area contributed by atoms with E-state index in [2.05, 4.69) is 32.9 Å². The van der Waals surface area contributed by atoms with E-state index in [9.17, 15) is 9.59 Å². The molecule has 0 aromatic heterocycles. The minimum absolute atomic E-state index is 0.00565. The normalized spacial score (nSPS) is 27.9. The van der Waals surface area contributed by atoms with Gasteiger partial charge in [0.15, 0.2) is 5.78 Å². The molecule has 0 spiro atoms. The number of benzene rings is 1. The molecule has 156 valence electrons. The van der Waals surface area contributed by atoms with Gasteiger partial charge in [0.1, 0.15) is 5.76 Å². The van der Waals surface area contributed by atoms with E-state index in [1.165, 1.54) is 5.56 Å². The molecule has 4 atom stereocenters. The number of ketones is 1. The van der Waals surface area contributed by atoms with Gasteiger partial charge in [0.2, 0.25) is 0 Å². The van der Waals surface area contributed by atoms with Crippen LogP contribution < -0.4 is 0 Å². The lowest BCUT2D eigenvalue weighted by Crippen LogP contribution is -2.30. The lowest BCUT2D eigenvalue weighted by atomic mass is 9.80. The SMILES string of the molecule is CCc1cc(C)cc(CC)c1C1=C(OC(=O)CC(C)C)[C@H]2[C@@H](C1=O)[C@@H]1CC[C@H]2O1. The number of aryl methyl sites for hydroxylation is 3. The lowest BCUT2D eigenvalue weighted by molar-refractivity contribution is -0.141. The van der Waals surface area contributed by atoms with E-state index in [-0.39, 0.29) is 41.7 Å². The van der Waals surface area contributed by atoms with Crippen molar-refractivity contribution in [2.75, 3.05) is 0 Å². The van der Waals surface area contributed by atoms with Gasteiger partial charge in [-0.15, -0.1) is 0 Å². The number of hydrogen-bond acceptors (Lipinski definition) is 4. The highest BCUT2D eigenvalue weighted by Gasteiger charge is 2.60. The maximum absolute atomic E-state index is 13.7. The summed E-state index contributed by atoms with van der Waals surface area (Å²) in [4.78, 5) is 26.3. The Hall–Kier alpha value is -1.94. The number of hydrogen-bond donors (Lipinski definition) is 0. The third kappa shape index (κ3) is 3.35. The van der Waals surface area contributed by atoms with Crippen LogP contribution in [-0.2, 0) is 31.9 Å². The van der Waals surface area contributed by atoms with Gasteiger partial charge in [-0.3, -0.25) is 9.59 Å². The van der Waals surface area contributed by atoms with Crippen LogP contribution in [0.25, 0.3) is 5.57 Å². The summed E-state index contributed by atoms with van der Waals surface area (Å²) >= 11 is 0. The fraction of sp³-hybridized carbons (Fsp3) is 0.600. The number of Topliss-reactive ketones (excluding diaryl/α,β-unsaturated/α-hetero) is 1. The van der Waals surface area contributed by atoms with Gasteiger partial charge in [-0.25, -0.2) is 0 Å². The van der Waals surface area contributed by atoms with Gasteiger partial charge in [-0.2, -0.15) is 0 Å². The molecule has 2 fully saturated rings. The number of esters is 1. The van der Waals surface area contributed by atoms with Crippen molar-refractivity contribution in [2.24, 2.45) is 17.8 Å². The second-order valence-electron chi connectivity index (χ2n) is 9.18. The van der Waals surface area contributed by atoms with Gasteiger partial charge in [0.05, 0.1) is 29.6 Å². The molecule has 0 saturated carbocycles. The lowest BCUT2D eigenvalue weighted by Gasteiger charge is -2.22. The van der Waals surface area contributed by atoms with Gasteiger partial charge >= 0.3 is 5.97 Å². The van der Waals surface area contributed by atoms with Crippen LogP contribution in [0.3, 0.4) is 0 Å². The van der Waals surface area contributed by atoms with Crippen LogP contribution in [0.15, 0.2) is 17.9 Å². The Labute approximate surface area is 173 Å². The summed E-state index contributed by atoms with van der Waals surface area (Å²) in [5, 5.41) is 0. The second kappa shape index (κ2) is 7.71. The quantitative estimate of drug-likeness (QED) is 0.649. The number of carbonyl (C=O) groups is 2. The van der Waals surface area contributed by atoms with Crippen molar-refractivity contribution < 1.29 is 19.1 Å². The van der Waals surface area contributed by atoms with Crippen molar-refractivity contribution in [1.29, 1.82) is 0 Å². The number of allylic oxidation sites excluding steroid dienone is 1. The topological polar surface area (TPSA) is 52.6 Å². The van der Waals surface area contributed by atoms with Crippen LogP contribution in [0.5, 0.6) is 0 Å². The van der Waals surface area contributed by atoms with E-state index in [0.717, 1.165) is 42.4 Å². The molecule has 1 aromatic carbocycles. The molecule has 0 amide bonds. The summed E-state index contributed by atoms with van der Waals surface area (Å²) in [5.74, 6) is 0.373. The molecule has 3 aliphatic rings. The number of fused-ring (bicyclic) bond motifs is 5. The minimum atomic E-state index is -0.244. The molecule has 0 unspecified atom stereocenters. The van der Waals surface area contributed by atoms with Crippen molar-refractivity contribution in [3.05, 3.63) is 40.1 Å². The van der Waals surface area contributed by atoms with Crippen molar-refractivity contribution in [3.8, 4) is 0 Å². The van der Waals surface area contributed by atoms with Gasteiger partial charge in [0, 0.05) is 6.42 Å². The first-order valence-corrected chi connectivity index (χ1v) is 11.1. The molecular weight excluding hydrogens is 364 g/mol. The molecule has 0 N–H and O–H groups in total. The molecule has 4 rings (SSSR count). The van der Waals surface area contributed by atoms with Crippen molar-refractivity contribution >= 4 is 17.3 Å². The molecular formula is C25H32O4. The smallest absolute Gasteiger partial charge is 0.311 e. The van der Waals surface area contributed by atoms with Crippen LogP contribution in [0.4, 0.5) is 0 Å². The molecule has 2 bridgehead atoms. The molecule has 0 radical (unpaired) electrons. The number of ether oxygens (including phenoxy) is 2. The van der Waals surface area contributed by atoms with Gasteiger partial charge in [-0.1, -0.05) is 45.4 Å². The van der Waals surface area contributed by atoms with E-state index in [4.69, 9.17) is 9.47 Å². The maximum Gasteiger partial charge on any atom is 0.311 e. The third-order valence-corrected chi connectivity index (χ3v) is 6.63. The van der Waals surface area contributed by atoms with E-state index in [0.29, 0.717) is 17.8 Å². The summed E-state index contributed by atoms with van der Waals surface area (Å²) in [6.07, 6.45) is 3.86. The molecule has 4 nitrogen and oxygen atoms in total. The molecule has 1 aromatic rings. The Balaban J connectivity index is 1.87. The Morgan fingerprint density at radius 2 is 1.69 bits per heavy atom. The van der Waals surface area contributed by atoms with E-state index < -0.39 is 0 Å². The Morgan fingerprint density at radius 3 is 2.24 bits per heavy atom. The van der Waals surface area contributed by atoms with Crippen LogP contribution >= 0.6 is 0 Å². The Morgan fingerprint density at radius 1 is 1.10 bits per heavy atom. The number of carbonyl (C=O) groups excluding carboxylic acids is 2. The molecule has 2 saturated heterocycles. The monoisotopic (exact) mass is 396 g/mol. The summed E-state index contributed by atoms with van der Waals surface area (Å²) < 4.78 is 12.1. The highest BCUT2D eigenvalue weighted by Crippen LogP contribution is 2.55. The number of rotatable bonds is 6. The summed E-state index contributed by atoms with van der Waals surface area (Å²) in [6.45, 7) is 10.3. The van der Waals surface area contributed by atoms with Crippen molar-refractivity contribution in [2.45, 2.75) is 78.9 Å². The van der Waals surface area contributed by atoms with Crippen LogP contribution in [-0.4, -0.2) is 24.0 Å². The largest absolute Gasteiger partial charge is 0.430 e. The Kier molecular flexibility index (Phi) is 5.41. The predicted molar refractivity (Wildman–Crippen MR) is 112 cm³/mol. The molecule has 1 aliphatic carbocycles. The van der Waals surface area contributed by atoms with Crippen LogP contribution in [0, 0.1) is 24.7 Å². The molecule has 2 heterocycles. The fourth-order valence-electron chi connectivity index (χ4n) is 5.48. The third-order valence-electron chi connectivity index (χ3n) is 6.63. The van der Waals surface area contributed by atoms with E-state index in [1.54, 1.807) is 0 Å². The van der Waals surface area contributed by atoms with Crippen LogP contribution in [0.2, 0.25) is 0 Å². The first-order valence-electron chi connectivity index (χ1n) is 11.1. The summed E-state index contributed by atoms with van der Waals surface area (Å²) in [5.41, 5.74) is 5.19. The average Bonchev–Trinajstić information content (AvgIpc) is 3.34. The fourth-order valence-corrected chi connectivity index (χ4v) is 5.48. The maximum atomic E-state index is 13.7. The molecule has 4 heteroatoms. The molecule has 29 heavy (non-hydrogen) atoms. The predicted octanol–water partition coefficient (Wildman–Crippen LogP) is 4.80. The highest BCUT2D eigenvalue weighted by molar-refractivity contribution is 6.26. The summed E-state index contributed by atoms with van der Waals surface area (Å²) in [6, 6.07) is 4.34. The first kappa shape index (κ1) is 20.3. The zero-order chi connectivity index (χ0) is 20.9. The van der Waals surface area contributed by atoms with Crippen molar-refractivity contribution in [1.82, 2.24) is 0 Å². The zero-order valence-corrected chi connectivity index (χ0v) is 18.2. The van der Waals surface area contributed by atoms with Gasteiger partial charge in [0.25, 0.3) is 0 Å². The average molecular weight is 397 g/mol. The highest BCUT2D eigenvalue weighted by atomic mass is 16.5. The second-order valence-corrected chi connectivity index (χ2v) is 9.18. The first-order chi connectivity index (χ1) is 13.8. The van der Waals surface area contributed by atoms with Gasteiger partial charge < -0.3 is 9.47 Å². The van der Waals surface area contributed by atoms with Gasteiger partial charge in [-0.05, 0) is 55.2 Å². The van der Waals surface area contributed by atoms with Crippen LogP contribution in [0.1, 0.15) is 69.2 Å². The zero-order valence-electron chi connectivity index (χ0n) is 18.2. The van der Waals surface area contributed by atoms with Crippen molar-refractivity contribution in [3.63, 3.8) is 0 Å².